The molecular weight excluding hydrogens is 177 g/mol. The topological polar surface area (TPSA) is 12.0 Å². The summed E-state index contributed by atoms with van der Waals surface area (Å²) >= 11 is 0. The number of rotatable bonds is 2. The lowest BCUT2D eigenvalue weighted by molar-refractivity contribution is 0.399. The summed E-state index contributed by atoms with van der Waals surface area (Å²) in [5.41, 5.74) is 1.23. The van der Waals surface area contributed by atoms with Crippen molar-refractivity contribution in [1.29, 1.82) is 0 Å². The highest BCUT2D eigenvalue weighted by Gasteiger charge is 2.12. The lowest BCUT2D eigenvalue weighted by Crippen LogP contribution is -2.35. The van der Waals surface area contributed by atoms with Gasteiger partial charge in [0, 0.05) is 6.04 Å². The third-order valence-corrected chi connectivity index (χ3v) is 2.81. The van der Waals surface area contributed by atoms with E-state index in [0.717, 1.165) is 13.0 Å². The van der Waals surface area contributed by atoms with Gasteiger partial charge in [-0.3, -0.25) is 0 Å². The van der Waals surface area contributed by atoms with Gasteiger partial charge in [0.25, 0.3) is 0 Å². The molecule has 0 saturated carbocycles. The average Bonchev–Trinajstić information content (AvgIpc) is 2.23. The first-order valence-electron chi connectivity index (χ1n) is 5.32. The fourth-order valence-corrected chi connectivity index (χ4v) is 2.00. The van der Waals surface area contributed by atoms with E-state index in [1.54, 1.807) is 0 Å². The summed E-state index contributed by atoms with van der Waals surface area (Å²) in [6.07, 6.45) is 4.89. The molecule has 76 valence electrons. The molecule has 1 nitrogen and oxygen atoms in total. The number of nitrogens with one attached hydrogen (secondary N) is 1. The maximum atomic E-state index is 12.6. The van der Waals surface area contributed by atoms with Crippen LogP contribution in [0.5, 0.6) is 0 Å². The van der Waals surface area contributed by atoms with Crippen molar-refractivity contribution in [3.05, 3.63) is 35.6 Å². The Balaban J connectivity index is 1.92. The SMILES string of the molecule is Fc1ccc(C[C@H]2CCCCN2)cc1. The fraction of sp³-hybridized carbons (Fsp3) is 0.500. The Kier molecular flexibility index (Phi) is 3.14. The van der Waals surface area contributed by atoms with Crippen LogP contribution in [0.25, 0.3) is 0 Å². The molecule has 2 heteroatoms. The van der Waals surface area contributed by atoms with E-state index in [9.17, 15) is 4.39 Å². The van der Waals surface area contributed by atoms with Gasteiger partial charge in [0.1, 0.15) is 5.82 Å². The van der Waals surface area contributed by atoms with E-state index in [2.05, 4.69) is 5.32 Å². The van der Waals surface area contributed by atoms with E-state index in [1.165, 1.54) is 37.0 Å². The number of halogens is 1. The maximum Gasteiger partial charge on any atom is 0.123 e. The second kappa shape index (κ2) is 4.56. The van der Waals surface area contributed by atoms with Crippen molar-refractivity contribution in [1.82, 2.24) is 5.32 Å². The minimum atomic E-state index is -0.148. The molecule has 0 radical (unpaired) electrons. The second-order valence-corrected chi connectivity index (χ2v) is 3.98. The number of piperidine rings is 1. The predicted octanol–water partition coefficient (Wildman–Crippen LogP) is 2.51. The van der Waals surface area contributed by atoms with Crippen molar-refractivity contribution in [3.63, 3.8) is 0 Å². The van der Waals surface area contributed by atoms with Crippen molar-refractivity contribution in [2.75, 3.05) is 6.54 Å². The zero-order valence-electron chi connectivity index (χ0n) is 8.30. The average molecular weight is 193 g/mol. The molecule has 0 bridgehead atoms. The normalized spacial score (nSPS) is 22.2. The molecule has 1 N–H and O–H groups in total. The van der Waals surface area contributed by atoms with Crippen molar-refractivity contribution in [2.24, 2.45) is 0 Å². The molecule has 0 unspecified atom stereocenters. The largest absolute Gasteiger partial charge is 0.314 e. The minimum Gasteiger partial charge on any atom is -0.314 e. The lowest BCUT2D eigenvalue weighted by atomic mass is 9.98. The Morgan fingerprint density at radius 1 is 1.21 bits per heavy atom. The molecule has 0 aromatic heterocycles. The highest BCUT2D eigenvalue weighted by atomic mass is 19.1. The summed E-state index contributed by atoms with van der Waals surface area (Å²) in [6, 6.07) is 7.43. The molecule has 1 heterocycles. The van der Waals surface area contributed by atoms with E-state index >= 15 is 0 Å². The fourth-order valence-electron chi connectivity index (χ4n) is 2.00. The van der Waals surface area contributed by atoms with Gasteiger partial charge >= 0.3 is 0 Å². The smallest absolute Gasteiger partial charge is 0.123 e. The van der Waals surface area contributed by atoms with Crippen molar-refractivity contribution >= 4 is 0 Å². The maximum absolute atomic E-state index is 12.6. The number of hydrogen-bond acceptors (Lipinski definition) is 1. The van der Waals surface area contributed by atoms with Crippen LogP contribution in [0.1, 0.15) is 24.8 Å². The first-order valence-corrected chi connectivity index (χ1v) is 5.32. The predicted molar refractivity (Wildman–Crippen MR) is 55.7 cm³/mol. The van der Waals surface area contributed by atoms with Crippen LogP contribution in [0.2, 0.25) is 0 Å². The van der Waals surface area contributed by atoms with E-state index in [4.69, 9.17) is 0 Å². The molecule has 1 aliphatic rings. The summed E-state index contributed by atoms with van der Waals surface area (Å²) in [5.74, 6) is -0.148. The summed E-state index contributed by atoms with van der Waals surface area (Å²) in [4.78, 5) is 0. The van der Waals surface area contributed by atoms with Crippen LogP contribution >= 0.6 is 0 Å². The van der Waals surface area contributed by atoms with Crippen LogP contribution in [0.3, 0.4) is 0 Å². The zero-order chi connectivity index (χ0) is 9.80. The Hall–Kier alpha value is -0.890. The zero-order valence-corrected chi connectivity index (χ0v) is 8.30. The quantitative estimate of drug-likeness (QED) is 0.761. The Bertz CT molecular complexity index is 275. The molecule has 1 fully saturated rings. The molecule has 0 aliphatic carbocycles. The molecule has 14 heavy (non-hydrogen) atoms. The Morgan fingerprint density at radius 2 is 2.00 bits per heavy atom. The van der Waals surface area contributed by atoms with Crippen LogP contribution < -0.4 is 5.32 Å². The summed E-state index contributed by atoms with van der Waals surface area (Å²) in [5, 5.41) is 3.49. The van der Waals surface area contributed by atoms with Crippen LogP contribution in [0.4, 0.5) is 4.39 Å². The van der Waals surface area contributed by atoms with Gasteiger partial charge in [0.05, 0.1) is 0 Å². The van der Waals surface area contributed by atoms with Gasteiger partial charge in [-0.05, 0) is 43.5 Å². The van der Waals surface area contributed by atoms with E-state index in [1.807, 2.05) is 12.1 Å². The van der Waals surface area contributed by atoms with Crippen LogP contribution in [0, 0.1) is 5.82 Å². The van der Waals surface area contributed by atoms with Gasteiger partial charge < -0.3 is 5.32 Å². The van der Waals surface area contributed by atoms with Gasteiger partial charge in [-0.15, -0.1) is 0 Å². The molecule has 1 saturated heterocycles. The van der Waals surface area contributed by atoms with Crippen LogP contribution in [-0.4, -0.2) is 12.6 Å². The van der Waals surface area contributed by atoms with Crippen molar-refractivity contribution < 1.29 is 4.39 Å². The van der Waals surface area contributed by atoms with Crippen molar-refractivity contribution in [3.8, 4) is 0 Å². The van der Waals surface area contributed by atoms with Crippen molar-refractivity contribution in [2.45, 2.75) is 31.7 Å². The number of hydrogen-bond donors (Lipinski definition) is 1. The molecule has 1 aromatic rings. The minimum absolute atomic E-state index is 0.148. The molecule has 0 amide bonds. The Morgan fingerprint density at radius 3 is 2.64 bits per heavy atom. The van der Waals surface area contributed by atoms with Crippen LogP contribution in [0.15, 0.2) is 24.3 Å². The molecular formula is C12H16FN. The van der Waals surface area contributed by atoms with E-state index < -0.39 is 0 Å². The first kappa shape index (κ1) is 9.66. The summed E-state index contributed by atoms with van der Waals surface area (Å²) < 4.78 is 12.6. The third-order valence-electron chi connectivity index (χ3n) is 2.81. The molecule has 1 aromatic carbocycles. The van der Waals surface area contributed by atoms with Gasteiger partial charge in [-0.1, -0.05) is 18.6 Å². The Labute approximate surface area is 84.3 Å². The van der Waals surface area contributed by atoms with E-state index in [-0.39, 0.29) is 5.82 Å². The molecule has 0 spiro atoms. The molecule has 1 atom stereocenters. The second-order valence-electron chi connectivity index (χ2n) is 3.98. The van der Waals surface area contributed by atoms with E-state index in [0.29, 0.717) is 6.04 Å². The summed E-state index contributed by atoms with van der Waals surface area (Å²) in [7, 11) is 0. The monoisotopic (exact) mass is 193 g/mol. The third kappa shape index (κ3) is 2.55. The highest BCUT2D eigenvalue weighted by Crippen LogP contribution is 2.13. The molecule has 2 rings (SSSR count). The van der Waals surface area contributed by atoms with Gasteiger partial charge in [-0.2, -0.15) is 0 Å². The van der Waals surface area contributed by atoms with Crippen LogP contribution in [-0.2, 0) is 6.42 Å². The van der Waals surface area contributed by atoms with Gasteiger partial charge in [-0.25, -0.2) is 4.39 Å². The van der Waals surface area contributed by atoms with Gasteiger partial charge in [0.15, 0.2) is 0 Å². The lowest BCUT2D eigenvalue weighted by Gasteiger charge is -2.23. The first-order chi connectivity index (χ1) is 6.84. The summed E-state index contributed by atoms with van der Waals surface area (Å²) in [6.45, 7) is 1.13. The van der Waals surface area contributed by atoms with Gasteiger partial charge in [0.2, 0.25) is 0 Å². The number of benzene rings is 1. The molecule has 1 aliphatic heterocycles. The highest BCUT2D eigenvalue weighted by molar-refractivity contribution is 5.17. The standard InChI is InChI=1S/C12H16FN/c13-11-6-4-10(5-7-11)9-12-3-1-2-8-14-12/h4-7,12,14H,1-3,8-9H2/t12-/m1/s1.